The van der Waals surface area contributed by atoms with Crippen molar-refractivity contribution in [2.45, 2.75) is 39.5 Å². The van der Waals surface area contributed by atoms with Crippen molar-refractivity contribution in [3.8, 4) is 0 Å². The van der Waals surface area contributed by atoms with Gasteiger partial charge in [-0.1, -0.05) is 40.3 Å². The number of nitrogens with zero attached hydrogens (tertiary/aromatic N) is 4. The fourth-order valence-electron chi connectivity index (χ4n) is 1.88. The molecule has 32 heavy (non-hydrogen) atoms. The number of benzene rings is 2. The van der Waals surface area contributed by atoms with E-state index in [2.05, 4.69) is 38.1 Å². The molecule has 0 fully saturated rings. The van der Waals surface area contributed by atoms with Crippen molar-refractivity contribution in [3.63, 3.8) is 0 Å². The molecule has 1 aromatic heterocycles. The van der Waals surface area contributed by atoms with Crippen molar-refractivity contribution in [1.82, 2.24) is 24.9 Å². The summed E-state index contributed by atoms with van der Waals surface area (Å²) in [5, 5.41) is 15.2. The van der Waals surface area contributed by atoms with Gasteiger partial charge >= 0.3 is 21.1 Å². The monoisotopic (exact) mass is 630 g/mol. The third kappa shape index (κ3) is 10.3. The second-order valence-electron chi connectivity index (χ2n) is 5.46. The molecule has 3 aromatic rings. The Hall–Kier alpha value is -2.42. The summed E-state index contributed by atoms with van der Waals surface area (Å²) in [4.78, 5) is 11.7. The summed E-state index contributed by atoms with van der Waals surface area (Å²) < 4.78 is 24.5. The van der Waals surface area contributed by atoms with E-state index in [0.717, 1.165) is 5.56 Å². The maximum Gasteiger partial charge on any atom is 2.00 e. The number of nitrogens with one attached hydrogen (secondary N) is 2. The number of anilines is 1. The normalized spacial score (nSPS) is 9.50. The molecule has 0 bridgehead atoms. The number of hydrogen-bond acceptors (Lipinski definition) is 6. The summed E-state index contributed by atoms with van der Waals surface area (Å²) >= 11 is 0. The minimum atomic E-state index is -3.31. The molecule has 0 spiro atoms. The number of sulfonamides is 1. The van der Waals surface area contributed by atoms with Gasteiger partial charge in [0.25, 0.3) is 11.7 Å². The molecule has 0 saturated heterocycles. The fourth-order valence-corrected chi connectivity index (χ4v) is 2.97. The number of H-pyrrole nitrogens is 1. The molecule has 3 rings (SSSR count). The molecule has 1 amide bonds. The molecule has 11 heteroatoms. The van der Waals surface area contributed by atoms with Crippen LogP contribution in [0, 0.1) is 19.1 Å². The van der Waals surface area contributed by atoms with Gasteiger partial charge in [-0.2, -0.15) is 47.7 Å². The molecule has 0 aliphatic rings. The van der Waals surface area contributed by atoms with Gasteiger partial charge in [0.15, 0.2) is 10.0 Å². The van der Waals surface area contributed by atoms with E-state index < -0.39 is 15.9 Å². The summed E-state index contributed by atoms with van der Waals surface area (Å²) in [5.74, 6) is -0.386. The Kier molecular flexibility index (Phi) is 17.0. The average Bonchev–Trinajstić information content (AvgIpc) is 3.33. The van der Waals surface area contributed by atoms with Crippen molar-refractivity contribution in [1.29, 1.82) is 0 Å². The Balaban J connectivity index is 0. The fraction of sp³-hybridized carbons (Fsp3) is 0.333. The number of carbonyl (C=O) groups excluding carboxylic acids is 1. The number of tetrazole rings is 1. The maximum absolute atomic E-state index is 11.7. The summed E-state index contributed by atoms with van der Waals surface area (Å²) in [6.07, 6.45) is 0. The largest absolute Gasteiger partial charge is 2.00 e. The molecular formula is C21H30N6O3SW. The molecule has 2 N–H and O–H groups in total. The Bertz CT molecular complexity index is 982. The smallest absolute Gasteiger partial charge is 0.342 e. The third-order valence-corrected chi connectivity index (χ3v) is 5.27. The quantitative estimate of drug-likeness (QED) is 0.427. The molecule has 0 saturated carbocycles. The Morgan fingerprint density at radius 1 is 1.03 bits per heavy atom. The van der Waals surface area contributed by atoms with Gasteiger partial charge in [0, 0.05) is 14.1 Å². The van der Waals surface area contributed by atoms with Gasteiger partial charge in [0.05, 0.1) is 0 Å². The Labute approximate surface area is 205 Å². The number of hydrogen-bond donors (Lipinski definition) is 2. The van der Waals surface area contributed by atoms with Crippen LogP contribution in [0.3, 0.4) is 0 Å². The van der Waals surface area contributed by atoms with Crippen LogP contribution in [0.1, 0.15) is 43.9 Å². The number of carbonyl (C=O) groups is 1. The van der Waals surface area contributed by atoms with Crippen LogP contribution in [0.15, 0.2) is 47.4 Å². The van der Waals surface area contributed by atoms with Crippen molar-refractivity contribution < 1.29 is 34.3 Å². The summed E-state index contributed by atoms with van der Waals surface area (Å²) in [5.41, 5.74) is 1.41. The molecule has 174 valence electrons. The average molecular weight is 630 g/mol. The minimum Gasteiger partial charge on any atom is -0.342 e. The summed E-state index contributed by atoms with van der Waals surface area (Å²) in [6.45, 7) is 9.77. The van der Waals surface area contributed by atoms with Gasteiger partial charge in [-0.05, 0) is 10.1 Å². The molecule has 0 aliphatic heterocycles. The van der Waals surface area contributed by atoms with Gasteiger partial charge in [-0.15, -0.1) is 27.9 Å². The van der Waals surface area contributed by atoms with Crippen molar-refractivity contribution in [2.75, 3.05) is 19.4 Å². The second kappa shape index (κ2) is 17.2. The van der Waals surface area contributed by atoms with Crippen LogP contribution in [0.5, 0.6) is 0 Å². The van der Waals surface area contributed by atoms with Crippen molar-refractivity contribution in [3.05, 3.63) is 66.0 Å². The van der Waals surface area contributed by atoms with Crippen LogP contribution < -0.4 is 5.32 Å². The number of rotatable bonds is 4. The molecule has 0 aliphatic carbocycles. The van der Waals surface area contributed by atoms with E-state index in [-0.39, 0.29) is 26.9 Å². The number of aryl methyl sites for hydroxylation is 1. The maximum atomic E-state index is 11.7. The van der Waals surface area contributed by atoms with E-state index in [1.54, 1.807) is 43.3 Å². The molecule has 1 heterocycles. The first-order chi connectivity index (χ1) is 14.8. The number of amides is 1. The van der Waals surface area contributed by atoms with Gasteiger partial charge in [-0.3, -0.25) is 4.79 Å². The van der Waals surface area contributed by atoms with Crippen LogP contribution in [-0.2, 0) is 31.1 Å². The van der Waals surface area contributed by atoms with Gasteiger partial charge in [0.2, 0.25) is 0 Å². The Morgan fingerprint density at radius 2 is 1.59 bits per heavy atom. The molecular weight excluding hydrogens is 600 g/mol. The first-order valence-corrected chi connectivity index (χ1v) is 11.2. The minimum absolute atomic E-state index is 0. The van der Waals surface area contributed by atoms with Gasteiger partial charge in [-0.25, -0.2) is 12.7 Å². The van der Waals surface area contributed by atoms with E-state index in [4.69, 9.17) is 0 Å². The number of aromatic amines is 1. The van der Waals surface area contributed by atoms with E-state index in [9.17, 15) is 13.2 Å². The van der Waals surface area contributed by atoms with Crippen molar-refractivity contribution in [2.24, 2.45) is 0 Å². The predicted octanol–water partition coefficient (Wildman–Crippen LogP) is 3.35. The van der Waals surface area contributed by atoms with E-state index in [0.29, 0.717) is 10.6 Å². The molecule has 9 nitrogen and oxygen atoms in total. The molecule has 2 aromatic carbocycles. The zero-order chi connectivity index (χ0) is 23.9. The molecule has 0 atom stereocenters. The van der Waals surface area contributed by atoms with Crippen molar-refractivity contribution >= 4 is 21.6 Å². The zero-order valence-corrected chi connectivity index (χ0v) is 23.1. The van der Waals surface area contributed by atoms with Crippen LogP contribution in [0.2, 0.25) is 0 Å². The van der Waals surface area contributed by atoms with E-state index in [1.165, 1.54) is 24.5 Å². The molecule has 0 radical (unpaired) electrons. The first kappa shape index (κ1) is 31.8. The summed E-state index contributed by atoms with van der Waals surface area (Å²) in [7, 11) is -0.274. The zero-order valence-electron chi connectivity index (χ0n) is 19.4. The van der Waals surface area contributed by atoms with Gasteiger partial charge < -0.3 is 5.32 Å². The Morgan fingerprint density at radius 3 is 2.06 bits per heavy atom. The standard InChI is InChI=1S/C9H12NO2S.C8H6N5O.2C2H6.W/c1-8-6-4-5-7-9(8)13(11,12)10(2)3;14-8(7-10-12-13-11-7)9-6-4-2-1-3-5-6;2*1-2;/h4,6-7H,1-3H3;2-5H,(H,9,14)(H,10,11,12,13);2*1-2H3;/q2*-1;;;+2. The second-order valence-corrected chi connectivity index (χ2v) is 7.58. The first-order valence-electron chi connectivity index (χ1n) is 9.72. The SMILES string of the molecule is CC.CC.Cc1cc[c-]cc1S(=O)(=O)N(C)C.O=C(Nc1cc[c-]cc1)c1nn[nH]n1.[W+2]. The predicted molar refractivity (Wildman–Crippen MR) is 121 cm³/mol. The van der Waals surface area contributed by atoms with Gasteiger partial charge in [0.1, 0.15) is 0 Å². The van der Waals surface area contributed by atoms with Crippen LogP contribution in [0.4, 0.5) is 5.69 Å². The van der Waals surface area contributed by atoms with Crippen LogP contribution in [-0.4, -0.2) is 53.3 Å². The molecule has 0 unspecified atom stereocenters. The van der Waals surface area contributed by atoms with E-state index >= 15 is 0 Å². The third-order valence-electron chi connectivity index (χ3n) is 3.32. The van der Waals surface area contributed by atoms with Crippen LogP contribution >= 0.6 is 0 Å². The van der Waals surface area contributed by atoms with Crippen LogP contribution in [0.25, 0.3) is 0 Å². The topological polar surface area (TPSA) is 121 Å². The van der Waals surface area contributed by atoms with E-state index in [1.807, 2.05) is 27.7 Å². The summed E-state index contributed by atoms with van der Waals surface area (Å²) in [6, 6.07) is 17.4. The number of aromatic nitrogens is 4.